The topological polar surface area (TPSA) is 35.2 Å². The molecule has 1 aliphatic rings. The maximum atomic E-state index is 11.7. The smallest absolute Gasteiger partial charge is 0.371 e. The lowest BCUT2D eigenvalue weighted by molar-refractivity contribution is -0.184. The molecule has 0 aromatic carbocycles. The Morgan fingerprint density at radius 3 is 2.23 bits per heavy atom. The molecule has 1 saturated carbocycles. The summed E-state index contributed by atoms with van der Waals surface area (Å²) in [5.74, 6) is 0. The number of halogens is 3. The fourth-order valence-corrected chi connectivity index (χ4v) is 1.47. The van der Waals surface area contributed by atoms with Gasteiger partial charge in [-0.05, 0) is 12.8 Å². The van der Waals surface area contributed by atoms with Crippen LogP contribution in [0.2, 0.25) is 0 Å². The summed E-state index contributed by atoms with van der Waals surface area (Å²) in [5, 5.41) is 0. The van der Waals surface area contributed by atoms with Gasteiger partial charge in [0.05, 0.1) is 6.61 Å². The molecule has 0 saturated heterocycles. The Bertz CT molecular complexity index is 160. The van der Waals surface area contributed by atoms with Crippen LogP contribution in [0.5, 0.6) is 0 Å². The van der Waals surface area contributed by atoms with Crippen LogP contribution in [-0.4, -0.2) is 25.9 Å². The lowest BCUT2D eigenvalue weighted by Gasteiger charge is -2.40. The lowest BCUT2D eigenvalue weighted by Crippen LogP contribution is -2.42. The minimum atomic E-state index is -4.22. The molecule has 1 rings (SSSR count). The van der Waals surface area contributed by atoms with Gasteiger partial charge in [-0.1, -0.05) is 6.42 Å². The molecule has 0 aromatic rings. The molecule has 0 radical (unpaired) electrons. The Morgan fingerprint density at radius 2 is 1.92 bits per heavy atom. The van der Waals surface area contributed by atoms with E-state index in [1.54, 1.807) is 0 Å². The Hall–Kier alpha value is -0.290. The van der Waals surface area contributed by atoms with Gasteiger partial charge in [-0.2, -0.15) is 13.2 Å². The van der Waals surface area contributed by atoms with Crippen molar-refractivity contribution in [2.45, 2.75) is 25.4 Å². The summed E-state index contributed by atoms with van der Waals surface area (Å²) in [6.07, 6.45) is -1.39. The number of hydrogen-bond donors (Lipinski definition) is 1. The fourth-order valence-electron chi connectivity index (χ4n) is 1.47. The molecule has 0 aromatic heterocycles. The van der Waals surface area contributed by atoms with Crippen LogP contribution in [0.15, 0.2) is 0 Å². The van der Waals surface area contributed by atoms with Gasteiger partial charge in [0.15, 0.2) is 0 Å². The van der Waals surface area contributed by atoms with Crippen molar-refractivity contribution in [3.63, 3.8) is 0 Å². The van der Waals surface area contributed by atoms with Crippen LogP contribution in [-0.2, 0) is 4.74 Å². The monoisotopic (exact) mass is 197 g/mol. The van der Waals surface area contributed by atoms with Gasteiger partial charge >= 0.3 is 6.18 Å². The third-order valence-electron chi connectivity index (χ3n) is 2.52. The number of nitrogens with two attached hydrogens (primary N) is 1. The van der Waals surface area contributed by atoms with Gasteiger partial charge < -0.3 is 10.5 Å². The van der Waals surface area contributed by atoms with Gasteiger partial charge in [0.1, 0.15) is 6.61 Å². The van der Waals surface area contributed by atoms with E-state index in [0.29, 0.717) is 6.54 Å². The van der Waals surface area contributed by atoms with E-state index >= 15 is 0 Å². The predicted molar refractivity (Wildman–Crippen MR) is 42.2 cm³/mol. The highest BCUT2D eigenvalue weighted by Crippen LogP contribution is 2.40. The van der Waals surface area contributed by atoms with E-state index in [4.69, 9.17) is 5.73 Å². The molecule has 0 unspecified atom stereocenters. The van der Waals surface area contributed by atoms with Gasteiger partial charge in [-0.3, -0.25) is 0 Å². The quantitative estimate of drug-likeness (QED) is 0.744. The number of rotatable bonds is 4. The highest BCUT2D eigenvalue weighted by atomic mass is 19.4. The van der Waals surface area contributed by atoms with Crippen molar-refractivity contribution in [2.75, 3.05) is 19.8 Å². The maximum absolute atomic E-state index is 11.7. The Morgan fingerprint density at radius 1 is 1.31 bits per heavy atom. The van der Waals surface area contributed by atoms with E-state index in [-0.39, 0.29) is 12.0 Å². The summed E-state index contributed by atoms with van der Waals surface area (Å²) >= 11 is 0. The van der Waals surface area contributed by atoms with Crippen LogP contribution in [0.3, 0.4) is 0 Å². The SMILES string of the molecule is NCC1(COCC(F)(F)F)CCC1. The molecule has 0 heterocycles. The minimum absolute atomic E-state index is 0.142. The second-order valence-corrected chi connectivity index (χ2v) is 3.67. The molecule has 0 aliphatic heterocycles. The molecular formula is C8H14F3NO. The molecule has 78 valence electrons. The number of ether oxygens (including phenoxy) is 1. The van der Waals surface area contributed by atoms with E-state index in [9.17, 15) is 13.2 Å². The van der Waals surface area contributed by atoms with E-state index in [1.807, 2.05) is 0 Å². The molecular weight excluding hydrogens is 183 g/mol. The minimum Gasteiger partial charge on any atom is -0.371 e. The largest absolute Gasteiger partial charge is 0.411 e. The van der Waals surface area contributed by atoms with Crippen molar-refractivity contribution in [3.05, 3.63) is 0 Å². The molecule has 2 nitrogen and oxygen atoms in total. The van der Waals surface area contributed by atoms with Crippen molar-refractivity contribution < 1.29 is 17.9 Å². The first-order valence-electron chi connectivity index (χ1n) is 4.32. The first-order chi connectivity index (χ1) is 5.97. The second-order valence-electron chi connectivity index (χ2n) is 3.67. The van der Waals surface area contributed by atoms with Crippen LogP contribution < -0.4 is 5.73 Å². The maximum Gasteiger partial charge on any atom is 0.411 e. The molecule has 0 atom stereocenters. The highest BCUT2D eigenvalue weighted by Gasteiger charge is 2.37. The summed E-state index contributed by atoms with van der Waals surface area (Å²) in [6, 6.07) is 0. The normalized spacial score (nSPS) is 21.2. The van der Waals surface area contributed by atoms with Crippen LogP contribution in [0.1, 0.15) is 19.3 Å². The number of hydrogen-bond acceptors (Lipinski definition) is 2. The lowest BCUT2D eigenvalue weighted by atomic mass is 9.69. The molecule has 5 heteroatoms. The van der Waals surface area contributed by atoms with E-state index in [2.05, 4.69) is 4.74 Å². The average molecular weight is 197 g/mol. The van der Waals surface area contributed by atoms with Crippen molar-refractivity contribution in [2.24, 2.45) is 11.1 Å². The van der Waals surface area contributed by atoms with Crippen LogP contribution >= 0.6 is 0 Å². The number of alkyl halides is 3. The van der Waals surface area contributed by atoms with Gasteiger partial charge in [-0.15, -0.1) is 0 Å². The van der Waals surface area contributed by atoms with E-state index < -0.39 is 12.8 Å². The van der Waals surface area contributed by atoms with Crippen molar-refractivity contribution in [1.29, 1.82) is 0 Å². The molecule has 0 spiro atoms. The summed E-state index contributed by atoms with van der Waals surface area (Å²) in [4.78, 5) is 0. The first-order valence-corrected chi connectivity index (χ1v) is 4.32. The zero-order valence-corrected chi connectivity index (χ0v) is 7.36. The van der Waals surface area contributed by atoms with Crippen LogP contribution in [0.25, 0.3) is 0 Å². The highest BCUT2D eigenvalue weighted by molar-refractivity contribution is 4.88. The zero-order valence-electron chi connectivity index (χ0n) is 7.36. The van der Waals surface area contributed by atoms with Crippen LogP contribution in [0.4, 0.5) is 13.2 Å². The van der Waals surface area contributed by atoms with Crippen molar-refractivity contribution in [3.8, 4) is 0 Å². The summed E-state index contributed by atoms with van der Waals surface area (Å²) in [5.41, 5.74) is 5.30. The Kier molecular flexibility index (Phi) is 3.18. The first kappa shape index (κ1) is 10.8. The van der Waals surface area contributed by atoms with Gasteiger partial charge in [0.25, 0.3) is 0 Å². The Balaban J connectivity index is 2.18. The van der Waals surface area contributed by atoms with Crippen molar-refractivity contribution in [1.82, 2.24) is 0 Å². The predicted octanol–water partition coefficient (Wildman–Crippen LogP) is 1.69. The van der Waals surface area contributed by atoms with Crippen molar-refractivity contribution >= 4 is 0 Å². The van der Waals surface area contributed by atoms with Gasteiger partial charge in [-0.25, -0.2) is 0 Å². The fraction of sp³-hybridized carbons (Fsp3) is 1.00. The summed E-state index contributed by atoms with van der Waals surface area (Å²) in [6.45, 7) is -0.595. The molecule has 2 N–H and O–H groups in total. The zero-order chi connectivity index (χ0) is 9.95. The van der Waals surface area contributed by atoms with Gasteiger partial charge in [0.2, 0.25) is 0 Å². The van der Waals surface area contributed by atoms with E-state index in [1.165, 1.54) is 0 Å². The van der Waals surface area contributed by atoms with Crippen LogP contribution in [0, 0.1) is 5.41 Å². The average Bonchev–Trinajstić information content (AvgIpc) is 1.92. The molecule has 13 heavy (non-hydrogen) atoms. The third kappa shape index (κ3) is 3.15. The summed E-state index contributed by atoms with van der Waals surface area (Å²) < 4.78 is 39.7. The molecule has 0 bridgehead atoms. The summed E-state index contributed by atoms with van der Waals surface area (Å²) in [7, 11) is 0. The Labute approximate surface area is 75.2 Å². The molecule has 0 amide bonds. The second kappa shape index (κ2) is 3.84. The van der Waals surface area contributed by atoms with Gasteiger partial charge in [0, 0.05) is 12.0 Å². The van der Waals surface area contributed by atoms with E-state index in [0.717, 1.165) is 19.3 Å². The molecule has 1 aliphatic carbocycles. The molecule has 1 fully saturated rings. The third-order valence-corrected chi connectivity index (χ3v) is 2.52. The standard InChI is InChI=1S/C8H14F3NO/c9-8(10,11)6-13-5-7(4-12)2-1-3-7/h1-6,12H2.